The molecule has 0 unspecified atom stereocenters. The number of likely N-dealkylation sites (tertiary alicyclic amines) is 1. The Morgan fingerprint density at radius 1 is 1.18 bits per heavy atom. The number of piperidine rings is 1. The molecular formula is C18H22N2O2. The minimum Gasteiger partial charge on any atom is -0.360 e. The highest BCUT2D eigenvalue weighted by Crippen LogP contribution is 2.30. The van der Waals surface area contributed by atoms with E-state index in [4.69, 9.17) is 4.52 Å². The van der Waals surface area contributed by atoms with Gasteiger partial charge in [-0.1, -0.05) is 35.5 Å². The number of benzene rings is 1. The molecule has 1 fully saturated rings. The maximum Gasteiger partial charge on any atom is 0.260 e. The van der Waals surface area contributed by atoms with Crippen LogP contribution in [0, 0.1) is 6.92 Å². The SMILES string of the molecule is Cc1onc(-c2ccccc2)c1C(=O)N1[C@H](C)CCC[C@H]1C. The third-order valence-corrected chi connectivity index (χ3v) is 4.55. The van der Waals surface area contributed by atoms with Crippen LogP contribution >= 0.6 is 0 Å². The van der Waals surface area contributed by atoms with Crippen molar-refractivity contribution in [2.75, 3.05) is 0 Å². The van der Waals surface area contributed by atoms with E-state index in [1.54, 1.807) is 0 Å². The Balaban J connectivity index is 2.01. The zero-order valence-corrected chi connectivity index (χ0v) is 13.4. The number of carbonyl (C=O) groups is 1. The highest BCUT2D eigenvalue weighted by molar-refractivity contribution is 6.01. The lowest BCUT2D eigenvalue weighted by atomic mass is 9.95. The van der Waals surface area contributed by atoms with Gasteiger partial charge >= 0.3 is 0 Å². The number of amides is 1. The van der Waals surface area contributed by atoms with Gasteiger partial charge < -0.3 is 9.42 Å². The van der Waals surface area contributed by atoms with Gasteiger partial charge in [-0.2, -0.15) is 0 Å². The summed E-state index contributed by atoms with van der Waals surface area (Å²) in [4.78, 5) is 15.1. The summed E-state index contributed by atoms with van der Waals surface area (Å²) in [6, 6.07) is 10.3. The van der Waals surface area contributed by atoms with Crippen molar-refractivity contribution < 1.29 is 9.32 Å². The molecule has 0 N–H and O–H groups in total. The maximum absolute atomic E-state index is 13.1. The first-order chi connectivity index (χ1) is 10.6. The number of carbonyl (C=O) groups excluding carboxylic acids is 1. The van der Waals surface area contributed by atoms with Crippen LogP contribution in [0.5, 0.6) is 0 Å². The number of hydrogen-bond donors (Lipinski definition) is 0. The average Bonchev–Trinajstić information content (AvgIpc) is 2.89. The molecular weight excluding hydrogens is 276 g/mol. The second-order valence-corrected chi connectivity index (χ2v) is 6.17. The van der Waals surface area contributed by atoms with Gasteiger partial charge in [-0.3, -0.25) is 4.79 Å². The van der Waals surface area contributed by atoms with E-state index in [1.165, 1.54) is 6.42 Å². The molecule has 0 radical (unpaired) electrons. The normalized spacial score (nSPS) is 21.9. The molecule has 0 saturated carbocycles. The van der Waals surface area contributed by atoms with Gasteiger partial charge in [0.05, 0.1) is 0 Å². The number of aryl methyl sites for hydroxylation is 1. The van der Waals surface area contributed by atoms with E-state index < -0.39 is 0 Å². The summed E-state index contributed by atoms with van der Waals surface area (Å²) in [5.41, 5.74) is 2.17. The average molecular weight is 298 g/mol. The van der Waals surface area contributed by atoms with Gasteiger partial charge in [-0.05, 0) is 40.0 Å². The predicted octanol–water partition coefficient (Wildman–Crippen LogP) is 4.05. The summed E-state index contributed by atoms with van der Waals surface area (Å²) >= 11 is 0. The molecule has 2 heterocycles. The van der Waals surface area contributed by atoms with Crippen LogP contribution in [0.4, 0.5) is 0 Å². The quantitative estimate of drug-likeness (QED) is 0.840. The Labute approximate surface area is 131 Å². The van der Waals surface area contributed by atoms with Gasteiger partial charge in [-0.25, -0.2) is 0 Å². The van der Waals surface area contributed by atoms with E-state index in [2.05, 4.69) is 19.0 Å². The minimum atomic E-state index is 0.0392. The molecule has 116 valence electrons. The van der Waals surface area contributed by atoms with Gasteiger partial charge in [0.1, 0.15) is 17.0 Å². The zero-order chi connectivity index (χ0) is 15.7. The molecule has 1 aromatic heterocycles. The van der Waals surface area contributed by atoms with Gasteiger partial charge in [0.25, 0.3) is 5.91 Å². The van der Waals surface area contributed by atoms with Crippen LogP contribution in [0.1, 0.15) is 49.2 Å². The molecule has 0 bridgehead atoms. The van der Waals surface area contributed by atoms with Crippen molar-refractivity contribution in [1.82, 2.24) is 10.1 Å². The van der Waals surface area contributed by atoms with Crippen molar-refractivity contribution in [2.24, 2.45) is 0 Å². The van der Waals surface area contributed by atoms with Crippen LogP contribution in [0.15, 0.2) is 34.9 Å². The number of aromatic nitrogens is 1. The Morgan fingerprint density at radius 2 is 1.82 bits per heavy atom. The topological polar surface area (TPSA) is 46.3 Å². The lowest BCUT2D eigenvalue weighted by Crippen LogP contribution is -2.47. The molecule has 1 saturated heterocycles. The Bertz CT molecular complexity index is 653. The summed E-state index contributed by atoms with van der Waals surface area (Å²) in [5, 5.41) is 4.13. The highest BCUT2D eigenvalue weighted by Gasteiger charge is 2.33. The molecule has 0 aliphatic carbocycles. The smallest absolute Gasteiger partial charge is 0.260 e. The van der Waals surface area contributed by atoms with Crippen molar-refractivity contribution in [1.29, 1.82) is 0 Å². The lowest BCUT2D eigenvalue weighted by molar-refractivity contribution is 0.0509. The van der Waals surface area contributed by atoms with Crippen LogP contribution < -0.4 is 0 Å². The summed E-state index contributed by atoms with van der Waals surface area (Å²) in [5.74, 6) is 0.631. The van der Waals surface area contributed by atoms with Gasteiger partial charge in [0.15, 0.2) is 0 Å². The number of hydrogen-bond acceptors (Lipinski definition) is 3. The fourth-order valence-electron chi connectivity index (χ4n) is 3.37. The molecule has 4 nitrogen and oxygen atoms in total. The minimum absolute atomic E-state index is 0.0392. The Kier molecular flexibility index (Phi) is 4.01. The fraction of sp³-hybridized carbons (Fsp3) is 0.444. The fourth-order valence-corrected chi connectivity index (χ4v) is 3.37. The molecule has 1 amide bonds. The van der Waals surface area contributed by atoms with E-state index >= 15 is 0 Å². The third-order valence-electron chi connectivity index (χ3n) is 4.55. The van der Waals surface area contributed by atoms with Crippen molar-refractivity contribution in [3.05, 3.63) is 41.7 Å². The first kappa shape index (κ1) is 14.8. The van der Waals surface area contributed by atoms with Crippen molar-refractivity contribution in [3.63, 3.8) is 0 Å². The first-order valence-corrected chi connectivity index (χ1v) is 7.94. The van der Waals surface area contributed by atoms with Crippen LogP contribution in [-0.2, 0) is 0 Å². The Morgan fingerprint density at radius 3 is 2.45 bits per heavy atom. The maximum atomic E-state index is 13.1. The molecule has 1 aliphatic heterocycles. The standard InChI is InChI=1S/C18H22N2O2/c1-12-8-7-9-13(2)20(12)18(21)16-14(3)22-19-17(16)15-10-5-4-6-11-15/h4-6,10-13H,7-9H2,1-3H3/t12-,13-/m1/s1. The molecule has 2 atom stereocenters. The van der Waals surface area contributed by atoms with Gasteiger partial charge in [0.2, 0.25) is 0 Å². The zero-order valence-electron chi connectivity index (χ0n) is 13.4. The largest absolute Gasteiger partial charge is 0.360 e. The summed E-state index contributed by atoms with van der Waals surface area (Å²) < 4.78 is 5.33. The summed E-state index contributed by atoms with van der Waals surface area (Å²) in [6.07, 6.45) is 3.29. The van der Waals surface area contributed by atoms with Crippen molar-refractivity contribution in [3.8, 4) is 11.3 Å². The Hall–Kier alpha value is -2.10. The number of nitrogens with zero attached hydrogens (tertiary/aromatic N) is 2. The van der Waals surface area contributed by atoms with Gasteiger partial charge in [0, 0.05) is 17.6 Å². The second kappa shape index (κ2) is 5.95. The van der Waals surface area contributed by atoms with Crippen LogP contribution in [0.2, 0.25) is 0 Å². The highest BCUT2D eigenvalue weighted by atomic mass is 16.5. The monoisotopic (exact) mass is 298 g/mol. The van der Waals surface area contributed by atoms with E-state index in [-0.39, 0.29) is 18.0 Å². The molecule has 4 heteroatoms. The van der Waals surface area contributed by atoms with E-state index in [1.807, 2.05) is 42.2 Å². The van der Waals surface area contributed by atoms with Gasteiger partial charge in [-0.15, -0.1) is 0 Å². The molecule has 22 heavy (non-hydrogen) atoms. The number of rotatable bonds is 2. The van der Waals surface area contributed by atoms with Crippen LogP contribution in [0.25, 0.3) is 11.3 Å². The van der Waals surface area contributed by atoms with E-state index in [0.29, 0.717) is 17.0 Å². The lowest BCUT2D eigenvalue weighted by Gasteiger charge is -2.39. The molecule has 1 aromatic carbocycles. The van der Waals surface area contributed by atoms with Crippen molar-refractivity contribution in [2.45, 2.75) is 52.1 Å². The molecule has 0 spiro atoms. The summed E-state index contributed by atoms with van der Waals surface area (Å²) in [7, 11) is 0. The first-order valence-electron chi connectivity index (χ1n) is 7.94. The summed E-state index contributed by atoms with van der Waals surface area (Å²) in [6.45, 7) is 6.06. The van der Waals surface area contributed by atoms with Crippen LogP contribution in [-0.4, -0.2) is 28.0 Å². The van der Waals surface area contributed by atoms with E-state index in [9.17, 15) is 4.79 Å². The molecule has 1 aliphatic rings. The molecule has 2 aromatic rings. The predicted molar refractivity (Wildman–Crippen MR) is 85.6 cm³/mol. The second-order valence-electron chi connectivity index (χ2n) is 6.17. The molecule has 3 rings (SSSR count). The van der Waals surface area contributed by atoms with E-state index in [0.717, 1.165) is 18.4 Å². The third kappa shape index (κ3) is 2.54. The van der Waals surface area contributed by atoms with Crippen LogP contribution in [0.3, 0.4) is 0 Å². The van der Waals surface area contributed by atoms with Crippen molar-refractivity contribution >= 4 is 5.91 Å².